The summed E-state index contributed by atoms with van der Waals surface area (Å²) in [6.07, 6.45) is 0. The molecule has 0 aliphatic heterocycles. The molecule has 0 radical (unpaired) electrons. The van der Waals surface area contributed by atoms with Crippen LogP contribution in [0.5, 0.6) is 5.75 Å². The topological polar surface area (TPSA) is 9.23 Å². The quantitative estimate of drug-likeness (QED) is 0.584. The maximum absolute atomic E-state index is 13.7. The number of hydrogen-bond donors (Lipinski definition) is 0. The van der Waals surface area contributed by atoms with Crippen LogP contribution >= 0.6 is 0 Å². The zero-order chi connectivity index (χ0) is 13.3. The van der Waals surface area contributed by atoms with E-state index in [2.05, 4.69) is 4.74 Å². The first kappa shape index (κ1) is 12.4. The number of methoxy groups -OCH3 is 1. The fourth-order valence-corrected chi connectivity index (χ4v) is 1.65. The van der Waals surface area contributed by atoms with E-state index in [4.69, 9.17) is 0 Å². The van der Waals surface area contributed by atoms with Crippen molar-refractivity contribution in [3.8, 4) is 16.9 Å². The first-order valence-corrected chi connectivity index (χ1v) is 5.03. The third-order valence-electron chi connectivity index (χ3n) is 2.49. The molecule has 0 aromatic heterocycles. The summed E-state index contributed by atoms with van der Waals surface area (Å²) in [5.41, 5.74) is -0.695. The molecular weight excluding hydrogens is 248 g/mol. The lowest BCUT2D eigenvalue weighted by Gasteiger charge is -2.10. The largest absolute Gasteiger partial charge is 0.491 e. The number of rotatable bonds is 2. The Morgan fingerprint density at radius 1 is 0.778 bits per heavy atom. The van der Waals surface area contributed by atoms with Crippen LogP contribution in [0.25, 0.3) is 11.1 Å². The van der Waals surface area contributed by atoms with Gasteiger partial charge in [0, 0.05) is 0 Å². The molecule has 2 aromatic carbocycles. The second-order valence-electron chi connectivity index (χ2n) is 3.53. The summed E-state index contributed by atoms with van der Waals surface area (Å²) in [5.74, 6) is -7.11. The molecule has 1 nitrogen and oxygen atoms in total. The maximum atomic E-state index is 13.7. The van der Waals surface area contributed by atoms with Gasteiger partial charge in [-0.15, -0.1) is 0 Å². The molecule has 5 heteroatoms. The van der Waals surface area contributed by atoms with E-state index in [1.54, 1.807) is 6.07 Å². The van der Waals surface area contributed by atoms with Crippen molar-refractivity contribution in [1.29, 1.82) is 0 Å². The van der Waals surface area contributed by atoms with Gasteiger partial charge < -0.3 is 4.74 Å². The van der Waals surface area contributed by atoms with Crippen LogP contribution in [0.4, 0.5) is 17.6 Å². The highest BCUT2D eigenvalue weighted by atomic mass is 19.2. The molecule has 0 N–H and O–H groups in total. The van der Waals surface area contributed by atoms with Crippen molar-refractivity contribution in [2.45, 2.75) is 0 Å². The van der Waals surface area contributed by atoms with E-state index in [1.165, 1.54) is 24.3 Å². The Balaban J connectivity index is 2.78. The summed E-state index contributed by atoms with van der Waals surface area (Å²) in [6.45, 7) is 0. The fourth-order valence-electron chi connectivity index (χ4n) is 1.65. The van der Waals surface area contributed by atoms with E-state index in [9.17, 15) is 17.6 Å². The molecular formula is C13H8F4O. The van der Waals surface area contributed by atoms with Crippen LogP contribution in [0, 0.1) is 23.3 Å². The highest BCUT2D eigenvalue weighted by Crippen LogP contribution is 2.35. The van der Waals surface area contributed by atoms with Crippen molar-refractivity contribution in [3.05, 3.63) is 53.6 Å². The summed E-state index contributed by atoms with van der Waals surface area (Å²) >= 11 is 0. The van der Waals surface area contributed by atoms with Crippen molar-refractivity contribution >= 4 is 0 Å². The molecule has 0 fully saturated rings. The highest BCUT2D eigenvalue weighted by molar-refractivity contribution is 5.66. The molecule has 94 valence electrons. The van der Waals surface area contributed by atoms with Crippen molar-refractivity contribution in [2.24, 2.45) is 0 Å². The lowest BCUT2D eigenvalue weighted by atomic mass is 10.0. The van der Waals surface area contributed by atoms with Crippen LogP contribution in [-0.4, -0.2) is 7.11 Å². The van der Waals surface area contributed by atoms with E-state index >= 15 is 0 Å². The summed E-state index contributed by atoms with van der Waals surface area (Å²) in [6, 6.07) is 7.34. The lowest BCUT2D eigenvalue weighted by Crippen LogP contribution is -2.03. The van der Waals surface area contributed by atoms with Crippen molar-refractivity contribution in [1.82, 2.24) is 0 Å². The van der Waals surface area contributed by atoms with Gasteiger partial charge in [0.25, 0.3) is 0 Å². The summed E-state index contributed by atoms with van der Waals surface area (Å²) < 4.78 is 58.7. The summed E-state index contributed by atoms with van der Waals surface area (Å²) in [5, 5.41) is 0. The molecule has 0 spiro atoms. The lowest BCUT2D eigenvalue weighted by molar-refractivity contribution is 0.334. The van der Waals surface area contributed by atoms with Gasteiger partial charge in [-0.25, -0.2) is 8.78 Å². The van der Waals surface area contributed by atoms with Gasteiger partial charge in [0.05, 0.1) is 12.7 Å². The van der Waals surface area contributed by atoms with Gasteiger partial charge in [0.2, 0.25) is 11.6 Å². The second kappa shape index (κ2) is 4.68. The minimum absolute atomic E-state index is 0.0490. The molecule has 0 saturated heterocycles. The van der Waals surface area contributed by atoms with Crippen LogP contribution in [0.1, 0.15) is 0 Å². The van der Waals surface area contributed by atoms with Gasteiger partial charge in [0.1, 0.15) is 0 Å². The third kappa shape index (κ3) is 1.81. The van der Waals surface area contributed by atoms with Crippen molar-refractivity contribution in [2.75, 3.05) is 7.11 Å². The Kier molecular flexibility index (Phi) is 3.23. The highest BCUT2D eigenvalue weighted by Gasteiger charge is 2.26. The van der Waals surface area contributed by atoms with E-state index in [0.717, 1.165) is 7.11 Å². The molecule has 0 unspecified atom stereocenters. The number of benzene rings is 2. The normalized spacial score (nSPS) is 10.5. The van der Waals surface area contributed by atoms with Crippen LogP contribution < -0.4 is 4.74 Å². The smallest absolute Gasteiger partial charge is 0.204 e. The molecule has 0 aliphatic rings. The molecule has 0 bridgehead atoms. The molecule has 0 heterocycles. The second-order valence-corrected chi connectivity index (χ2v) is 3.53. The number of hydrogen-bond acceptors (Lipinski definition) is 1. The first-order chi connectivity index (χ1) is 8.57. The van der Waals surface area contributed by atoms with Crippen molar-refractivity contribution in [3.63, 3.8) is 0 Å². The van der Waals surface area contributed by atoms with Crippen molar-refractivity contribution < 1.29 is 22.3 Å². The van der Waals surface area contributed by atoms with Gasteiger partial charge in [-0.1, -0.05) is 30.3 Å². The minimum Gasteiger partial charge on any atom is -0.491 e. The van der Waals surface area contributed by atoms with Gasteiger partial charge in [-0.05, 0) is 5.56 Å². The monoisotopic (exact) mass is 256 g/mol. The van der Waals surface area contributed by atoms with E-state index in [0.29, 0.717) is 0 Å². The molecule has 0 atom stereocenters. The minimum atomic E-state index is -1.55. The Morgan fingerprint density at radius 3 is 1.72 bits per heavy atom. The molecule has 0 saturated carbocycles. The average Bonchev–Trinajstić information content (AvgIpc) is 2.39. The van der Waals surface area contributed by atoms with Crippen LogP contribution in [0.15, 0.2) is 30.3 Å². The van der Waals surface area contributed by atoms with Crippen LogP contribution in [0.2, 0.25) is 0 Å². The molecule has 0 aliphatic carbocycles. The Bertz CT molecular complexity index is 552. The molecule has 18 heavy (non-hydrogen) atoms. The molecule has 2 aromatic rings. The number of halogens is 4. The Labute approximate surface area is 101 Å². The average molecular weight is 256 g/mol. The van der Waals surface area contributed by atoms with Gasteiger partial charge in [-0.2, -0.15) is 8.78 Å². The first-order valence-electron chi connectivity index (χ1n) is 5.03. The van der Waals surface area contributed by atoms with Crippen LogP contribution in [0.3, 0.4) is 0 Å². The van der Waals surface area contributed by atoms with E-state index in [1.807, 2.05) is 0 Å². The Hall–Kier alpha value is -2.04. The van der Waals surface area contributed by atoms with Crippen LogP contribution in [-0.2, 0) is 0 Å². The zero-order valence-corrected chi connectivity index (χ0v) is 9.31. The van der Waals surface area contributed by atoms with E-state index in [-0.39, 0.29) is 5.56 Å². The van der Waals surface area contributed by atoms with E-state index < -0.39 is 34.6 Å². The number of ether oxygens (including phenoxy) is 1. The summed E-state index contributed by atoms with van der Waals surface area (Å²) in [7, 11) is 0.933. The predicted molar refractivity (Wildman–Crippen MR) is 58.3 cm³/mol. The van der Waals surface area contributed by atoms with Gasteiger partial charge >= 0.3 is 0 Å². The Morgan fingerprint density at radius 2 is 1.28 bits per heavy atom. The molecule has 0 amide bonds. The fraction of sp³-hybridized carbons (Fsp3) is 0.0769. The van der Waals surface area contributed by atoms with Gasteiger partial charge in [0.15, 0.2) is 17.4 Å². The van der Waals surface area contributed by atoms with Gasteiger partial charge in [-0.3, -0.25) is 0 Å². The summed E-state index contributed by atoms with van der Waals surface area (Å²) in [4.78, 5) is 0. The third-order valence-corrected chi connectivity index (χ3v) is 2.49. The SMILES string of the molecule is COc1c(F)c(F)c(-c2ccccc2)c(F)c1F. The standard InChI is InChI=1S/C13H8F4O/c1-18-13-11(16)9(14)8(10(15)12(13)17)7-5-3-2-4-6-7/h2-6H,1H3. The molecule has 2 rings (SSSR count). The zero-order valence-electron chi connectivity index (χ0n) is 9.31. The maximum Gasteiger partial charge on any atom is 0.204 e. The predicted octanol–water partition coefficient (Wildman–Crippen LogP) is 3.92.